The van der Waals surface area contributed by atoms with Crippen molar-refractivity contribution in [3.05, 3.63) is 46.6 Å². The Morgan fingerprint density at radius 1 is 1.35 bits per heavy atom. The van der Waals surface area contributed by atoms with Gasteiger partial charge in [0.2, 0.25) is 5.91 Å². The van der Waals surface area contributed by atoms with E-state index in [1.807, 2.05) is 12.1 Å². The smallest absolute Gasteiger partial charge is 0.327 e. The molecule has 0 spiro atoms. The first-order valence-corrected chi connectivity index (χ1v) is 7.59. The van der Waals surface area contributed by atoms with Crippen molar-refractivity contribution in [1.82, 2.24) is 9.78 Å². The Morgan fingerprint density at radius 3 is 2.61 bits per heavy atom. The number of nitrogens with two attached hydrogens (primary N) is 1. The first-order chi connectivity index (χ1) is 10.8. The highest BCUT2D eigenvalue weighted by molar-refractivity contribution is 9.10. The summed E-state index contributed by atoms with van der Waals surface area (Å²) in [5.41, 5.74) is 5.61. The van der Waals surface area contributed by atoms with Gasteiger partial charge in [0.25, 0.3) is 0 Å². The Hall–Kier alpha value is -2.19. The van der Waals surface area contributed by atoms with Gasteiger partial charge < -0.3 is 15.8 Å². The van der Waals surface area contributed by atoms with Crippen LogP contribution in [0.2, 0.25) is 0 Å². The standard InChI is InChI=1S/C15H17BrN4O3/c1-15(17,10-3-5-11(16)6-4-10)14(22)18-12-7-8-20(19-12)9-13(21)23-2/h3-8H,9,17H2,1-2H3,(H,18,19,22). The summed E-state index contributed by atoms with van der Waals surface area (Å²) in [5.74, 6) is -0.514. The number of carbonyl (C=O) groups is 2. The molecule has 1 heterocycles. The third-order valence-corrected chi connectivity index (χ3v) is 3.85. The largest absolute Gasteiger partial charge is 0.468 e. The number of amides is 1. The van der Waals surface area contributed by atoms with E-state index in [0.717, 1.165) is 4.47 Å². The summed E-state index contributed by atoms with van der Waals surface area (Å²) >= 11 is 3.34. The Balaban J connectivity index is 2.08. The Kier molecular flexibility index (Phi) is 5.17. The second kappa shape index (κ2) is 6.93. The van der Waals surface area contributed by atoms with Gasteiger partial charge in [-0.05, 0) is 24.6 Å². The maximum Gasteiger partial charge on any atom is 0.327 e. The molecule has 0 bridgehead atoms. The van der Waals surface area contributed by atoms with E-state index < -0.39 is 17.4 Å². The third kappa shape index (κ3) is 4.17. The van der Waals surface area contributed by atoms with Crippen LogP contribution in [0.25, 0.3) is 0 Å². The molecule has 3 N–H and O–H groups in total. The quantitative estimate of drug-likeness (QED) is 0.767. The number of nitrogens with one attached hydrogen (secondary N) is 1. The Morgan fingerprint density at radius 2 is 2.00 bits per heavy atom. The number of aromatic nitrogens is 2. The maximum absolute atomic E-state index is 12.4. The Bertz CT molecular complexity index is 710. The molecule has 0 radical (unpaired) electrons. The molecular formula is C15H17BrN4O3. The van der Waals surface area contributed by atoms with E-state index in [4.69, 9.17) is 5.73 Å². The van der Waals surface area contributed by atoms with E-state index in [0.29, 0.717) is 11.4 Å². The molecule has 0 saturated carbocycles. The predicted octanol–water partition coefficient (Wildman–Crippen LogP) is 1.63. The average molecular weight is 381 g/mol. The van der Waals surface area contributed by atoms with Crippen molar-refractivity contribution < 1.29 is 14.3 Å². The number of ether oxygens (including phenoxy) is 1. The van der Waals surface area contributed by atoms with E-state index in [-0.39, 0.29) is 6.54 Å². The number of esters is 1. The zero-order valence-corrected chi connectivity index (χ0v) is 14.3. The van der Waals surface area contributed by atoms with Crippen molar-refractivity contribution in [3.63, 3.8) is 0 Å². The number of hydrogen-bond acceptors (Lipinski definition) is 5. The zero-order valence-electron chi connectivity index (χ0n) is 12.7. The van der Waals surface area contributed by atoms with Gasteiger partial charge in [0.15, 0.2) is 5.82 Å². The fraction of sp³-hybridized carbons (Fsp3) is 0.267. The first-order valence-electron chi connectivity index (χ1n) is 6.79. The van der Waals surface area contributed by atoms with Gasteiger partial charge in [-0.1, -0.05) is 28.1 Å². The van der Waals surface area contributed by atoms with Crippen LogP contribution in [0.3, 0.4) is 0 Å². The van der Waals surface area contributed by atoms with Crippen molar-refractivity contribution >= 4 is 33.6 Å². The lowest BCUT2D eigenvalue weighted by molar-refractivity contribution is -0.141. The zero-order chi connectivity index (χ0) is 17.0. The van der Waals surface area contributed by atoms with Crippen LogP contribution < -0.4 is 11.1 Å². The minimum absolute atomic E-state index is 0.0288. The van der Waals surface area contributed by atoms with Crippen LogP contribution in [-0.2, 0) is 26.4 Å². The molecule has 0 aliphatic carbocycles. The molecule has 0 fully saturated rings. The summed E-state index contributed by atoms with van der Waals surface area (Å²) in [4.78, 5) is 23.6. The van der Waals surface area contributed by atoms with Crippen LogP contribution in [-0.4, -0.2) is 28.8 Å². The number of hydrogen-bond donors (Lipinski definition) is 2. The predicted molar refractivity (Wildman–Crippen MR) is 88.6 cm³/mol. The Labute approximate surface area is 141 Å². The molecule has 0 saturated heterocycles. The molecule has 1 aromatic heterocycles. The molecule has 2 aromatic rings. The fourth-order valence-corrected chi connectivity index (χ4v) is 2.15. The number of carbonyl (C=O) groups excluding carboxylic acids is 2. The number of anilines is 1. The van der Waals surface area contributed by atoms with Gasteiger partial charge in [-0.2, -0.15) is 5.10 Å². The number of benzene rings is 1. The van der Waals surface area contributed by atoms with E-state index in [1.54, 1.807) is 31.3 Å². The fourth-order valence-electron chi connectivity index (χ4n) is 1.89. The molecule has 0 aliphatic rings. The molecule has 1 amide bonds. The minimum Gasteiger partial charge on any atom is -0.468 e. The van der Waals surface area contributed by atoms with Gasteiger partial charge in [-0.15, -0.1) is 0 Å². The molecule has 1 atom stereocenters. The second-order valence-electron chi connectivity index (χ2n) is 5.14. The topological polar surface area (TPSA) is 99.2 Å². The summed E-state index contributed by atoms with van der Waals surface area (Å²) in [5, 5.41) is 6.73. The summed E-state index contributed by atoms with van der Waals surface area (Å²) in [6, 6.07) is 8.77. The summed E-state index contributed by atoms with van der Waals surface area (Å²) in [6.45, 7) is 1.59. The SMILES string of the molecule is COC(=O)Cn1ccc(NC(=O)C(C)(N)c2ccc(Br)cc2)n1. The maximum atomic E-state index is 12.4. The molecule has 1 unspecified atom stereocenters. The van der Waals surface area contributed by atoms with Crippen molar-refractivity contribution in [1.29, 1.82) is 0 Å². The highest BCUT2D eigenvalue weighted by Gasteiger charge is 2.31. The van der Waals surface area contributed by atoms with Crippen LogP contribution >= 0.6 is 15.9 Å². The normalized spacial score (nSPS) is 13.2. The van der Waals surface area contributed by atoms with Gasteiger partial charge in [-0.3, -0.25) is 14.3 Å². The molecule has 2 rings (SSSR count). The van der Waals surface area contributed by atoms with Crippen LogP contribution in [0.4, 0.5) is 5.82 Å². The van der Waals surface area contributed by atoms with Crippen molar-refractivity contribution in [2.24, 2.45) is 5.73 Å². The average Bonchev–Trinajstić information content (AvgIpc) is 2.94. The van der Waals surface area contributed by atoms with Gasteiger partial charge >= 0.3 is 5.97 Å². The second-order valence-corrected chi connectivity index (χ2v) is 6.05. The molecular weight excluding hydrogens is 364 g/mol. The molecule has 0 aliphatic heterocycles. The number of nitrogens with zero attached hydrogens (tertiary/aromatic N) is 2. The van der Waals surface area contributed by atoms with E-state index in [1.165, 1.54) is 11.8 Å². The lowest BCUT2D eigenvalue weighted by Gasteiger charge is -2.23. The van der Waals surface area contributed by atoms with Crippen molar-refractivity contribution in [3.8, 4) is 0 Å². The van der Waals surface area contributed by atoms with Crippen molar-refractivity contribution in [2.75, 3.05) is 12.4 Å². The summed E-state index contributed by atoms with van der Waals surface area (Å²) in [7, 11) is 1.30. The third-order valence-electron chi connectivity index (χ3n) is 3.32. The lowest BCUT2D eigenvalue weighted by Crippen LogP contribution is -2.45. The van der Waals surface area contributed by atoms with Crippen LogP contribution in [0, 0.1) is 0 Å². The van der Waals surface area contributed by atoms with Crippen molar-refractivity contribution in [2.45, 2.75) is 19.0 Å². The van der Waals surface area contributed by atoms with Gasteiger partial charge in [0.1, 0.15) is 12.1 Å². The summed E-state index contributed by atoms with van der Waals surface area (Å²) < 4.78 is 6.83. The van der Waals surface area contributed by atoms with Crippen LogP contribution in [0.15, 0.2) is 41.0 Å². The molecule has 23 heavy (non-hydrogen) atoms. The van der Waals surface area contributed by atoms with Crippen LogP contribution in [0.1, 0.15) is 12.5 Å². The van der Waals surface area contributed by atoms with E-state index in [2.05, 4.69) is 31.1 Å². The molecule has 1 aromatic carbocycles. The van der Waals surface area contributed by atoms with Crippen LogP contribution in [0.5, 0.6) is 0 Å². The van der Waals surface area contributed by atoms with E-state index >= 15 is 0 Å². The monoisotopic (exact) mass is 380 g/mol. The minimum atomic E-state index is -1.22. The number of methoxy groups -OCH3 is 1. The molecule has 122 valence electrons. The van der Waals surface area contributed by atoms with Gasteiger partial charge in [0, 0.05) is 16.7 Å². The first kappa shape index (κ1) is 17.2. The molecule has 7 nitrogen and oxygen atoms in total. The van der Waals surface area contributed by atoms with Gasteiger partial charge in [0.05, 0.1) is 7.11 Å². The highest BCUT2D eigenvalue weighted by Crippen LogP contribution is 2.22. The number of halogens is 1. The molecule has 8 heteroatoms. The van der Waals surface area contributed by atoms with Gasteiger partial charge in [-0.25, -0.2) is 0 Å². The lowest BCUT2D eigenvalue weighted by atomic mass is 9.92. The number of rotatable bonds is 5. The van der Waals surface area contributed by atoms with E-state index in [9.17, 15) is 9.59 Å². The highest BCUT2D eigenvalue weighted by atomic mass is 79.9. The summed E-state index contributed by atoms with van der Waals surface area (Å²) in [6.07, 6.45) is 1.57.